The number of ketones is 1. The Morgan fingerprint density at radius 2 is 2.05 bits per heavy atom. The average molecular weight is 301 g/mol. The number of allylic oxidation sites excluding steroid dienone is 1. The fraction of sp³-hybridized carbons (Fsp3) is 0.235. The van der Waals surface area contributed by atoms with Crippen molar-refractivity contribution in [2.75, 3.05) is 18.0 Å². The number of hydrogen-bond donors (Lipinski definition) is 0. The zero-order chi connectivity index (χ0) is 14.7. The molecule has 0 spiro atoms. The van der Waals surface area contributed by atoms with Gasteiger partial charge >= 0.3 is 0 Å². The molecule has 2 aromatic rings. The fourth-order valence-corrected chi connectivity index (χ4v) is 3.14. The number of hydrogen-bond acceptors (Lipinski definition) is 3. The third kappa shape index (κ3) is 3.22. The van der Waals surface area contributed by atoms with Gasteiger partial charge in [-0.2, -0.15) is 11.3 Å². The largest absolute Gasteiger partial charge is 0.369 e. The topological polar surface area (TPSA) is 20.3 Å². The Morgan fingerprint density at radius 3 is 2.71 bits per heavy atom. The van der Waals surface area contributed by atoms with Gasteiger partial charge in [-0.05, 0) is 59.5 Å². The minimum Gasteiger partial charge on any atom is -0.369 e. The van der Waals surface area contributed by atoms with Crippen LogP contribution in [0.5, 0.6) is 0 Å². The molecule has 4 heteroatoms. The summed E-state index contributed by atoms with van der Waals surface area (Å²) in [5, 5.41) is 3.91. The lowest BCUT2D eigenvalue weighted by atomic mass is 10.1. The van der Waals surface area contributed by atoms with E-state index in [0.29, 0.717) is 11.3 Å². The molecule has 2 heterocycles. The van der Waals surface area contributed by atoms with Crippen LogP contribution in [0.1, 0.15) is 28.8 Å². The Labute approximate surface area is 127 Å². The minimum absolute atomic E-state index is 0.173. The highest BCUT2D eigenvalue weighted by atomic mass is 32.1. The Morgan fingerprint density at radius 1 is 1.24 bits per heavy atom. The first kappa shape index (κ1) is 14.0. The third-order valence-electron chi connectivity index (χ3n) is 3.65. The van der Waals surface area contributed by atoms with E-state index >= 15 is 0 Å². The van der Waals surface area contributed by atoms with E-state index < -0.39 is 0 Å². The van der Waals surface area contributed by atoms with Crippen LogP contribution in [-0.4, -0.2) is 18.9 Å². The molecule has 0 N–H and O–H groups in total. The molecule has 0 aliphatic carbocycles. The van der Waals surface area contributed by atoms with Gasteiger partial charge in [0.05, 0.1) is 5.69 Å². The van der Waals surface area contributed by atoms with Gasteiger partial charge in [0.15, 0.2) is 5.78 Å². The number of halogens is 1. The highest BCUT2D eigenvalue weighted by Crippen LogP contribution is 2.24. The van der Waals surface area contributed by atoms with Crippen molar-refractivity contribution in [2.45, 2.75) is 12.8 Å². The van der Waals surface area contributed by atoms with E-state index in [2.05, 4.69) is 0 Å². The third-order valence-corrected chi connectivity index (χ3v) is 4.35. The molecule has 0 unspecified atom stereocenters. The summed E-state index contributed by atoms with van der Waals surface area (Å²) in [6, 6.07) is 6.70. The van der Waals surface area contributed by atoms with Crippen LogP contribution in [0.3, 0.4) is 0 Å². The summed E-state index contributed by atoms with van der Waals surface area (Å²) in [5.41, 5.74) is 1.98. The monoisotopic (exact) mass is 301 g/mol. The molecule has 1 aromatic heterocycles. The van der Waals surface area contributed by atoms with Crippen LogP contribution in [-0.2, 0) is 0 Å². The van der Waals surface area contributed by atoms with E-state index in [0.717, 1.165) is 31.5 Å². The predicted molar refractivity (Wildman–Crippen MR) is 85.5 cm³/mol. The molecule has 1 aromatic carbocycles. The van der Waals surface area contributed by atoms with E-state index in [-0.39, 0.29) is 11.6 Å². The van der Waals surface area contributed by atoms with E-state index in [4.69, 9.17) is 0 Å². The molecule has 0 atom stereocenters. The second kappa shape index (κ2) is 6.22. The minimum atomic E-state index is -0.313. The normalized spacial score (nSPS) is 15.0. The van der Waals surface area contributed by atoms with Gasteiger partial charge in [-0.3, -0.25) is 4.79 Å². The Bertz CT molecular complexity index is 657. The molecule has 3 rings (SSSR count). The molecule has 108 valence electrons. The van der Waals surface area contributed by atoms with Gasteiger partial charge in [-0.25, -0.2) is 4.39 Å². The van der Waals surface area contributed by atoms with Crippen LogP contribution in [0.4, 0.5) is 10.1 Å². The lowest BCUT2D eigenvalue weighted by Crippen LogP contribution is -2.19. The number of carbonyl (C=O) groups is 1. The summed E-state index contributed by atoms with van der Waals surface area (Å²) in [5.74, 6) is -0.486. The van der Waals surface area contributed by atoms with Crippen LogP contribution in [0.15, 0.2) is 41.1 Å². The lowest BCUT2D eigenvalue weighted by Gasteiger charge is -2.18. The van der Waals surface area contributed by atoms with Crippen molar-refractivity contribution in [3.8, 4) is 0 Å². The van der Waals surface area contributed by atoms with Gasteiger partial charge in [0.25, 0.3) is 0 Å². The van der Waals surface area contributed by atoms with E-state index in [1.165, 1.54) is 12.1 Å². The van der Waals surface area contributed by atoms with Crippen molar-refractivity contribution >= 4 is 28.9 Å². The molecule has 0 amide bonds. The van der Waals surface area contributed by atoms with Crippen LogP contribution in [0.25, 0.3) is 6.08 Å². The first-order valence-electron chi connectivity index (χ1n) is 7.03. The van der Waals surface area contributed by atoms with Gasteiger partial charge in [0.1, 0.15) is 5.82 Å². The summed E-state index contributed by atoms with van der Waals surface area (Å²) < 4.78 is 14.2. The van der Waals surface area contributed by atoms with E-state index in [1.54, 1.807) is 29.5 Å². The van der Waals surface area contributed by atoms with Crippen molar-refractivity contribution in [1.29, 1.82) is 0 Å². The highest BCUT2D eigenvalue weighted by molar-refractivity contribution is 7.08. The first-order chi connectivity index (χ1) is 10.2. The number of benzene rings is 1. The lowest BCUT2D eigenvalue weighted by molar-refractivity contribution is 0.104. The zero-order valence-electron chi connectivity index (χ0n) is 11.6. The first-order valence-corrected chi connectivity index (χ1v) is 7.97. The van der Waals surface area contributed by atoms with Crippen molar-refractivity contribution in [3.05, 3.63) is 58.0 Å². The maximum Gasteiger partial charge on any atom is 0.185 e. The second-order valence-electron chi connectivity index (χ2n) is 5.11. The van der Waals surface area contributed by atoms with E-state index in [9.17, 15) is 9.18 Å². The van der Waals surface area contributed by atoms with Gasteiger partial charge in [-0.1, -0.05) is 6.08 Å². The molecule has 0 radical (unpaired) electrons. The molecule has 1 saturated heterocycles. The fourth-order valence-electron chi connectivity index (χ4n) is 2.51. The molecule has 21 heavy (non-hydrogen) atoms. The zero-order valence-corrected chi connectivity index (χ0v) is 12.4. The van der Waals surface area contributed by atoms with Gasteiger partial charge in [0.2, 0.25) is 0 Å². The molecule has 1 fully saturated rings. The van der Waals surface area contributed by atoms with Crippen molar-refractivity contribution < 1.29 is 9.18 Å². The Hall–Kier alpha value is -1.94. The highest BCUT2D eigenvalue weighted by Gasteiger charge is 2.17. The molecule has 0 bridgehead atoms. The molecule has 1 aliphatic rings. The number of thiophene rings is 1. The van der Waals surface area contributed by atoms with Crippen LogP contribution >= 0.6 is 11.3 Å². The quantitative estimate of drug-likeness (QED) is 0.617. The van der Waals surface area contributed by atoms with Crippen molar-refractivity contribution in [1.82, 2.24) is 0 Å². The maximum atomic E-state index is 14.2. The summed E-state index contributed by atoms with van der Waals surface area (Å²) in [7, 11) is 0. The van der Waals surface area contributed by atoms with Crippen LogP contribution in [0, 0.1) is 5.82 Å². The summed E-state index contributed by atoms with van der Waals surface area (Å²) in [6.07, 6.45) is 5.45. The number of nitrogens with zero attached hydrogens (tertiary/aromatic N) is 1. The summed E-state index contributed by atoms with van der Waals surface area (Å²) in [4.78, 5) is 14.1. The van der Waals surface area contributed by atoms with Gasteiger partial charge in [-0.15, -0.1) is 0 Å². The smallest absolute Gasteiger partial charge is 0.185 e. The van der Waals surface area contributed by atoms with Crippen LogP contribution < -0.4 is 4.90 Å². The van der Waals surface area contributed by atoms with Crippen molar-refractivity contribution in [3.63, 3.8) is 0 Å². The molecule has 1 aliphatic heterocycles. The predicted octanol–water partition coefficient (Wildman–Crippen LogP) is 4.38. The van der Waals surface area contributed by atoms with Crippen LogP contribution in [0.2, 0.25) is 0 Å². The Kier molecular flexibility index (Phi) is 4.15. The molecular formula is C17H16FNOS. The van der Waals surface area contributed by atoms with Crippen molar-refractivity contribution in [2.24, 2.45) is 0 Å². The number of anilines is 1. The summed E-state index contributed by atoms with van der Waals surface area (Å²) in [6.45, 7) is 1.78. The molecular weight excluding hydrogens is 285 g/mol. The standard InChI is InChI=1S/C17H16FNOS/c18-15-11-14(4-5-16(15)19-8-1-2-9-19)17(20)6-3-13-7-10-21-12-13/h3-7,10-12H,1-2,8-9H2/b6-3+. The maximum absolute atomic E-state index is 14.2. The number of carbonyl (C=O) groups excluding carboxylic acids is 1. The average Bonchev–Trinajstić information content (AvgIpc) is 3.17. The number of rotatable bonds is 4. The van der Waals surface area contributed by atoms with E-state index in [1.807, 2.05) is 21.7 Å². The van der Waals surface area contributed by atoms with Gasteiger partial charge in [0, 0.05) is 18.7 Å². The molecule has 0 saturated carbocycles. The Balaban J connectivity index is 1.76. The SMILES string of the molecule is O=C(/C=C/c1ccsc1)c1ccc(N2CCCC2)c(F)c1. The van der Waals surface area contributed by atoms with Gasteiger partial charge < -0.3 is 4.90 Å². The summed E-state index contributed by atoms with van der Waals surface area (Å²) >= 11 is 1.58. The molecule has 2 nitrogen and oxygen atoms in total. The second-order valence-corrected chi connectivity index (χ2v) is 5.89.